The lowest BCUT2D eigenvalue weighted by atomic mass is 9.90. The summed E-state index contributed by atoms with van der Waals surface area (Å²) >= 11 is 2.63. The molecule has 3 rings (SSSR count). The molecule has 1 aliphatic rings. The van der Waals surface area contributed by atoms with E-state index in [1.807, 2.05) is 0 Å². The highest BCUT2D eigenvalue weighted by atomic mass is 32.1. The van der Waals surface area contributed by atoms with Crippen LogP contribution in [-0.2, 0) is 0 Å². The van der Waals surface area contributed by atoms with Gasteiger partial charge < -0.3 is 10.6 Å². The van der Waals surface area contributed by atoms with Gasteiger partial charge in [-0.05, 0) is 12.8 Å². The number of nitrogens with one attached hydrogen (secondary N) is 2. The van der Waals surface area contributed by atoms with Crippen molar-refractivity contribution in [1.82, 2.24) is 20.6 Å². The van der Waals surface area contributed by atoms with Crippen molar-refractivity contribution in [3.05, 3.63) is 33.2 Å². The van der Waals surface area contributed by atoms with Gasteiger partial charge in [0.15, 0.2) is 0 Å². The van der Waals surface area contributed by atoms with E-state index in [0.717, 1.165) is 25.7 Å². The number of rotatable bonds is 4. The lowest BCUT2D eigenvalue weighted by molar-refractivity contribution is 0.0867. The van der Waals surface area contributed by atoms with Crippen molar-refractivity contribution >= 4 is 34.5 Å². The number of amides is 2. The molecule has 0 aromatic carbocycles. The van der Waals surface area contributed by atoms with Gasteiger partial charge in [0.25, 0.3) is 11.8 Å². The van der Waals surface area contributed by atoms with E-state index < -0.39 is 0 Å². The fourth-order valence-corrected chi connectivity index (χ4v) is 3.66. The molecule has 0 saturated heterocycles. The summed E-state index contributed by atoms with van der Waals surface area (Å²) in [6, 6.07) is -0.0829. The molecule has 2 atom stereocenters. The van der Waals surface area contributed by atoms with E-state index >= 15 is 0 Å². The van der Waals surface area contributed by atoms with Crippen LogP contribution in [0.2, 0.25) is 0 Å². The van der Waals surface area contributed by atoms with Crippen LogP contribution in [0.4, 0.5) is 0 Å². The first-order valence-corrected chi connectivity index (χ1v) is 8.88. The zero-order valence-electron chi connectivity index (χ0n) is 11.8. The highest BCUT2D eigenvalue weighted by molar-refractivity contribution is 7.12. The van der Waals surface area contributed by atoms with E-state index in [-0.39, 0.29) is 23.9 Å². The molecule has 2 amide bonds. The first kappa shape index (κ1) is 15.1. The molecule has 1 saturated carbocycles. The highest BCUT2D eigenvalue weighted by Gasteiger charge is 2.28. The molecule has 0 aliphatic heterocycles. The Bertz CT molecular complexity index is 571. The number of hydrogen-bond acceptors (Lipinski definition) is 6. The van der Waals surface area contributed by atoms with Crippen LogP contribution in [0, 0.1) is 0 Å². The SMILES string of the molecule is O=C(N[C@H]1CCCC[C@H]1NC(=O)c1cncs1)c1cncs1. The molecule has 1 fully saturated rings. The van der Waals surface area contributed by atoms with Gasteiger partial charge in [-0.1, -0.05) is 12.8 Å². The van der Waals surface area contributed by atoms with Gasteiger partial charge in [0.1, 0.15) is 9.75 Å². The predicted octanol–water partition coefficient (Wildman–Crippen LogP) is 2.07. The van der Waals surface area contributed by atoms with Crippen molar-refractivity contribution < 1.29 is 9.59 Å². The second-order valence-corrected chi connectivity index (χ2v) is 6.95. The van der Waals surface area contributed by atoms with E-state index in [4.69, 9.17) is 0 Å². The average Bonchev–Trinajstić information content (AvgIpc) is 3.23. The Morgan fingerprint density at radius 1 is 0.909 bits per heavy atom. The van der Waals surface area contributed by atoms with Crippen LogP contribution in [0.1, 0.15) is 45.0 Å². The third-order valence-electron chi connectivity index (χ3n) is 3.71. The molecule has 0 spiro atoms. The van der Waals surface area contributed by atoms with Crippen LogP contribution in [0.15, 0.2) is 23.4 Å². The number of thiazole rings is 2. The molecule has 0 unspecified atom stereocenters. The van der Waals surface area contributed by atoms with E-state index in [1.165, 1.54) is 22.7 Å². The minimum Gasteiger partial charge on any atom is -0.346 e. The summed E-state index contributed by atoms with van der Waals surface area (Å²) in [5.41, 5.74) is 3.28. The minimum atomic E-state index is -0.119. The van der Waals surface area contributed by atoms with Crippen molar-refractivity contribution in [2.24, 2.45) is 0 Å². The molecular formula is C14H16N4O2S2. The van der Waals surface area contributed by atoms with Gasteiger partial charge in [0, 0.05) is 12.1 Å². The van der Waals surface area contributed by atoms with E-state index in [9.17, 15) is 9.59 Å². The van der Waals surface area contributed by atoms with Crippen LogP contribution in [0.5, 0.6) is 0 Å². The lowest BCUT2D eigenvalue weighted by Gasteiger charge is -2.32. The summed E-state index contributed by atoms with van der Waals surface area (Å²) in [7, 11) is 0. The number of carbonyl (C=O) groups excluding carboxylic acids is 2. The second-order valence-electron chi connectivity index (χ2n) is 5.18. The number of hydrogen-bond donors (Lipinski definition) is 2. The normalized spacial score (nSPS) is 21.3. The maximum atomic E-state index is 12.2. The quantitative estimate of drug-likeness (QED) is 0.895. The Morgan fingerprint density at radius 2 is 1.36 bits per heavy atom. The Kier molecular flexibility index (Phi) is 4.79. The zero-order chi connectivity index (χ0) is 15.4. The molecule has 22 heavy (non-hydrogen) atoms. The molecule has 8 heteroatoms. The first-order valence-electron chi connectivity index (χ1n) is 7.13. The summed E-state index contributed by atoms with van der Waals surface area (Å²) in [6.07, 6.45) is 6.99. The van der Waals surface area contributed by atoms with E-state index in [2.05, 4.69) is 20.6 Å². The maximum absolute atomic E-state index is 12.2. The molecule has 0 radical (unpaired) electrons. The summed E-state index contributed by atoms with van der Waals surface area (Å²) in [6.45, 7) is 0. The van der Waals surface area contributed by atoms with Crippen molar-refractivity contribution in [2.45, 2.75) is 37.8 Å². The van der Waals surface area contributed by atoms with Gasteiger partial charge in [-0.25, -0.2) is 0 Å². The van der Waals surface area contributed by atoms with Gasteiger partial charge in [-0.2, -0.15) is 0 Å². The smallest absolute Gasteiger partial charge is 0.263 e. The maximum Gasteiger partial charge on any atom is 0.263 e. The van der Waals surface area contributed by atoms with Crippen LogP contribution in [-0.4, -0.2) is 33.9 Å². The van der Waals surface area contributed by atoms with Crippen LogP contribution >= 0.6 is 22.7 Å². The van der Waals surface area contributed by atoms with Crippen molar-refractivity contribution in [3.63, 3.8) is 0 Å². The van der Waals surface area contributed by atoms with Crippen LogP contribution in [0.25, 0.3) is 0 Å². The molecule has 0 bridgehead atoms. The van der Waals surface area contributed by atoms with Gasteiger partial charge in [-0.15, -0.1) is 22.7 Å². The van der Waals surface area contributed by atoms with Gasteiger partial charge >= 0.3 is 0 Å². The summed E-state index contributed by atoms with van der Waals surface area (Å²) in [5.74, 6) is -0.238. The Labute approximate surface area is 136 Å². The first-order chi connectivity index (χ1) is 10.7. The summed E-state index contributed by atoms with van der Waals surface area (Å²) in [5, 5.41) is 6.05. The van der Waals surface area contributed by atoms with Crippen molar-refractivity contribution in [1.29, 1.82) is 0 Å². The fourth-order valence-electron chi connectivity index (χ4n) is 2.61. The molecule has 1 aliphatic carbocycles. The lowest BCUT2D eigenvalue weighted by Crippen LogP contribution is -2.53. The molecule has 116 valence electrons. The van der Waals surface area contributed by atoms with Crippen molar-refractivity contribution in [3.8, 4) is 0 Å². The zero-order valence-corrected chi connectivity index (χ0v) is 13.5. The number of carbonyl (C=O) groups is 2. The molecule has 2 heterocycles. The Balaban J connectivity index is 1.63. The summed E-state index contributed by atoms with van der Waals surface area (Å²) in [4.78, 5) is 33.4. The van der Waals surface area contributed by atoms with Crippen LogP contribution < -0.4 is 10.6 Å². The number of aromatic nitrogens is 2. The van der Waals surface area contributed by atoms with Crippen LogP contribution in [0.3, 0.4) is 0 Å². The fraction of sp³-hybridized carbons (Fsp3) is 0.429. The molecule has 2 aromatic rings. The molecular weight excluding hydrogens is 320 g/mol. The van der Waals surface area contributed by atoms with E-state index in [0.29, 0.717) is 9.75 Å². The third-order valence-corrected chi connectivity index (χ3v) is 5.25. The Hall–Kier alpha value is -1.80. The molecule has 2 aromatic heterocycles. The standard InChI is InChI=1S/C14H16N4O2S2/c19-13(11-5-15-7-21-11)17-9-3-1-2-4-10(9)18-14(20)12-6-16-8-22-12/h5-10H,1-4H2,(H,17,19)(H,18,20)/t9-,10+. The average molecular weight is 336 g/mol. The van der Waals surface area contributed by atoms with Gasteiger partial charge in [0.05, 0.1) is 23.4 Å². The number of nitrogens with zero attached hydrogens (tertiary/aromatic N) is 2. The summed E-state index contributed by atoms with van der Waals surface area (Å²) < 4.78 is 0. The third kappa shape index (κ3) is 3.50. The second kappa shape index (κ2) is 6.97. The van der Waals surface area contributed by atoms with E-state index in [1.54, 1.807) is 23.4 Å². The highest BCUT2D eigenvalue weighted by Crippen LogP contribution is 2.20. The minimum absolute atomic E-state index is 0.0415. The topological polar surface area (TPSA) is 84.0 Å². The molecule has 6 nitrogen and oxygen atoms in total. The molecule has 2 N–H and O–H groups in total. The Morgan fingerprint density at radius 3 is 1.73 bits per heavy atom. The van der Waals surface area contributed by atoms with Gasteiger partial charge in [-0.3, -0.25) is 19.6 Å². The van der Waals surface area contributed by atoms with Gasteiger partial charge in [0.2, 0.25) is 0 Å². The predicted molar refractivity (Wildman–Crippen MR) is 85.2 cm³/mol. The van der Waals surface area contributed by atoms with Crippen molar-refractivity contribution in [2.75, 3.05) is 0 Å². The monoisotopic (exact) mass is 336 g/mol. The largest absolute Gasteiger partial charge is 0.346 e.